The third kappa shape index (κ3) is 3.68. The van der Waals surface area contributed by atoms with Crippen LogP contribution >= 0.6 is 0 Å². The second kappa shape index (κ2) is 6.34. The van der Waals surface area contributed by atoms with Crippen molar-refractivity contribution in [3.8, 4) is 0 Å². The molecule has 1 fully saturated rings. The highest BCUT2D eigenvalue weighted by Gasteiger charge is 2.25. The molecule has 4 N–H and O–H groups in total. The van der Waals surface area contributed by atoms with E-state index in [2.05, 4.69) is 17.2 Å². The van der Waals surface area contributed by atoms with Crippen LogP contribution in [0.5, 0.6) is 0 Å². The van der Waals surface area contributed by atoms with Crippen LogP contribution in [0, 0.1) is 0 Å². The largest absolute Gasteiger partial charge is 0.349 e. The SMILES string of the molecule is C=CCC(N)C(=O)Nc1ccccc1C(=O)NC1CC1. The van der Waals surface area contributed by atoms with Gasteiger partial charge in [0, 0.05) is 6.04 Å². The van der Waals surface area contributed by atoms with Crippen molar-refractivity contribution in [3.63, 3.8) is 0 Å². The minimum atomic E-state index is -0.660. The molecule has 0 bridgehead atoms. The Labute approximate surface area is 118 Å². The second-order valence-corrected chi connectivity index (χ2v) is 4.91. The maximum atomic E-state index is 12.1. The van der Waals surface area contributed by atoms with Gasteiger partial charge in [-0.25, -0.2) is 0 Å². The number of benzene rings is 1. The van der Waals surface area contributed by atoms with Crippen LogP contribution in [0.25, 0.3) is 0 Å². The van der Waals surface area contributed by atoms with E-state index in [0.29, 0.717) is 17.7 Å². The third-order valence-electron chi connectivity index (χ3n) is 3.10. The molecule has 0 heterocycles. The van der Waals surface area contributed by atoms with E-state index in [1.165, 1.54) is 0 Å². The summed E-state index contributed by atoms with van der Waals surface area (Å²) >= 11 is 0. The summed E-state index contributed by atoms with van der Waals surface area (Å²) in [6.07, 6.45) is 4.02. The van der Waals surface area contributed by atoms with E-state index in [1.54, 1.807) is 30.3 Å². The molecule has 0 aromatic heterocycles. The van der Waals surface area contributed by atoms with E-state index in [4.69, 9.17) is 5.73 Å². The average molecular weight is 273 g/mol. The van der Waals surface area contributed by atoms with Gasteiger partial charge < -0.3 is 16.4 Å². The predicted octanol–water partition coefficient (Wildman–Crippen LogP) is 1.42. The average Bonchev–Trinajstić information content (AvgIpc) is 3.23. The molecule has 20 heavy (non-hydrogen) atoms. The Balaban J connectivity index is 2.08. The standard InChI is InChI=1S/C15H19N3O2/c1-2-5-12(16)15(20)18-13-7-4-3-6-11(13)14(19)17-10-8-9-10/h2-4,6-7,10,12H,1,5,8-9,16H2,(H,17,19)(H,18,20). The first-order valence-corrected chi connectivity index (χ1v) is 6.69. The molecule has 2 rings (SSSR count). The van der Waals surface area contributed by atoms with Gasteiger partial charge >= 0.3 is 0 Å². The molecule has 1 saturated carbocycles. The molecule has 0 aliphatic heterocycles. The smallest absolute Gasteiger partial charge is 0.253 e. The maximum Gasteiger partial charge on any atom is 0.253 e. The number of rotatable bonds is 6. The Kier molecular flexibility index (Phi) is 4.53. The van der Waals surface area contributed by atoms with E-state index in [0.717, 1.165) is 12.8 Å². The van der Waals surface area contributed by atoms with Crippen molar-refractivity contribution >= 4 is 17.5 Å². The van der Waals surface area contributed by atoms with E-state index in [1.807, 2.05) is 0 Å². The lowest BCUT2D eigenvalue weighted by Crippen LogP contribution is -2.36. The Hall–Kier alpha value is -2.14. The first-order valence-electron chi connectivity index (χ1n) is 6.69. The molecule has 2 amide bonds. The lowest BCUT2D eigenvalue weighted by Gasteiger charge is -2.13. The number of carbonyl (C=O) groups excluding carboxylic acids is 2. The van der Waals surface area contributed by atoms with Crippen LogP contribution in [0.2, 0.25) is 0 Å². The van der Waals surface area contributed by atoms with Gasteiger partial charge in [0.2, 0.25) is 5.91 Å². The summed E-state index contributed by atoms with van der Waals surface area (Å²) in [5, 5.41) is 5.60. The molecule has 1 aliphatic carbocycles. The van der Waals surface area contributed by atoms with E-state index >= 15 is 0 Å². The van der Waals surface area contributed by atoms with Crippen LogP contribution in [0.15, 0.2) is 36.9 Å². The molecule has 1 atom stereocenters. The summed E-state index contributed by atoms with van der Waals surface area (Å²) < 4.78 is 0. The molecule has 0 radical (unpaired) electrons. The van der Waals surface area contributed by atoms with Crippen LogP contribution in [-0.2, 0) is 4.79 Å². The van der Waals surface area contributed by atoms with Crippen LogP contribution in [-0.4, -0.2) is 23.9 Å². The monoisotopic (exact) mass is 273 g/mol. The van der Waals surface area contributed by atoms with Crippen molar-refractivity contribution in [2.75, 3.05) is 5.32 Å². The Morgan fingerprint density at radius 3 is 2.75 bits per heavy atom. The van der Waals surface area contributed by atoms with E-state index < -0.39 is 6.04 Å². The second-order valence-electron chi connectivity index (χ2n) is 4.91. The normalized spacial score (nSPS) is 15.2. The number of hydrogen-bond donors (Lipinski definition) is 3. The molecular formula is C15H19N3O2. The lowest BCUT2D eigenvalue weighted by atomic mass is 10.1. The van der Waals surface area contributed by atoms with Gasteiger partial charge in [0.25, 0.3) is 5.91 Å². The zero-order chi connectivity index (χ0) is 14.5. The highest BCUT2D eigenvalue weighted by atomic mass is 16.2. The van der Waals surface area contributed by atoms with Crippen LogP contribution in [0.4, 0.5) is 5.69 Å². The van der Waals surface area contributed by atoms with Gasteiger partial charge in [-0.1, -0.05) is 18.2 Å². The molecule has 1 aromatic rings. The topological polar surface area (TPSA) is 84.2 Å². The number of hydrogen-bond acceptors (Lipinski definition) is 3. The minimum Gasteiger partial charge on any atom is -0.349 e. The van der Waals surface area contributed by atoms with Crippen molar-refractivity contribution in [2.24, 2.45) is 5.73 Å². The van der Waals surface area contributed by atoms with Crippen LogP contribution in [0.1, 0.15) is 29.6 Å². The number of nitrogens with one attached hydrogen (secondary N) is 2. The molecule has 0 saturated heterocycles. The highest BCUT2D eigenvalue weighted by Crippen LogP contribution is 2.21. The van der Waals surface area contributed by atoms with E-state index in [-0.39, 0.29) is 17.9 Å². The first-order chi connectivity index (χ1) is 9.61. The van der Waals surface area contributed by atoms with Gasteiger partial charge in [0.15, 0.2) is 0 Å². The van der Waals surface area contributed by atoms with Crippen molar-refractivity contribution in [3.05, 3.63) is 42.5 Å². The molecule has 5 heteroatoms. The fraction of sp³-hybridized carbons (Fsp3) is 0.333. The third-order valence-corrected chi connectivity index (χ3v) is 3.10. The quantitative estimate of drug-likeness (QED) is 0.685. The summed E-state index contributed by atoms with van der Waals surface area (Å²) in [7, 11) is 0. The molecule has 1 unspecified atom stereocenters. The summed E-state index contributed by atoms with van der Waals surface area (Å²) in [5.74, 6) is -0.489. The molecule has 1 aromatic carbocycles. The van der Waals surface area contributed by atoms with Gasteiger partial charge in [-0.05, 0) is 31.4 Å². The Morgan fingerprint density at radius 1 is 1.40 bits per heavy atom. The molecule has 0 spiro atoms. The first kappa shape index (κ1) is 14.3. The molecule has 106 valence electrons. The van der Waals surface area contributed by atoms with Gasteiger partial charge in [0.1, 0.15) is 0 Å². The van der Waals surface area contributed by atoms with Gasteiger partial charge in [-0.15, -0.1) is 6.58 Å². The number of anilines is 1. The Bertz CT molecular complexity index is 524. The van der Waals surface area contributed by atoms with Crippen LogP contribution < -0.4 is 16.4 Å². The van der Waals surface area contributed by atoms with Gasteiger partial charge in [0.05, 0.1) is 17.3 Å². The minimum absolute atomic E-state index is 0.166. The number of para-hydroxylation sites is 1. The number of amides is 2. The van der Waals surface area contributed by atoms with Crippen LogP contribution in [0.3, 0.4) is 0 Å². The van der Waals surface area contributed by atoms with Gasteiger partial charge in [-0.3, -0.25) is 9.59 Å². The van der Waals surface area contributed by atoms with Gasteiger partial charge in [-0.2, -0.15) is 0 Å². The van der Waals surface area contributed by atoms with E-state index in [9.17, 15) is 9.59 Å². The molecular weight excluding hydrogens is 254 g/mol. The summed E-state index contributed by atoms with van der Waals surface area (Å²) in [5.41, 5.74) is 6.65. The zero-order valence-corrected chi connectivity index (χ0v) is 11.3. The maximum absolute atomic E-state index is 12.1. The predicted molar refractivity (Wildman–Crippen MR) is 78.3 cm³/mol. The lowest BCUT2D eigenvalue weighted by molar-refractivity contribution is -0.117. The van der Waals surface area contributed by atoms with Crippen molar-refractivity contribution in [2.45, 2.75) is 31.3 Å². The fourth-order valence-corrected chi connectivity index (χ4v) is 1.79. The fourth-order valence-electron chi connectivity index (χ4n) is 1.79. The number of nitrogens with two attached hydrogens (primary N) is 1. The van der Waals surface area contributed by atoms with Crippen molar-refractivity contribution < 1.29 is 9.59 Å². The van der Waals surface area contributed by atoms with Crippen molar-refractivity contribution in [1.82, 2.24) is 5.32 Å². The van der Waals surface area contributed by atoms with Crippen molar-refractivity contribution in [1.29, 1.82) is 0 Å². The zero-order valence-electron chi connectivity index (χ0n) is 11.3. The molecule has 5 nitrogen and oxygen atoms in total. The highest BCUT2D eigenvalue weighted by molar-refractivity contribution is 6.04. The Morgan fingerprint density at radius 2 is 2.10 bits per heavy atom. The number of carbonyl (C=O) groups is 2. The molecule has 1 aliphatic rings. The summed E-state index contributed by atoms with van der Waals surface area (Å²) in [6.45, 7) is 3.55. The summed E-state index contributed by atoms with van der Waals surface area (Å²) in [4.78, 5) is 24.0. The summed E-state index contributed by atoms with van der Waals surface area (Å²) in [6, 6.07) is 6.53.